The fraction of sp³-hybridized carbons (Fsp3) is 0.231. The van der Waals surface area contributed by atoms with Crippen LogP contribution in [0.3, 0.4) is 0 Å². The summed E-state index contributed by atoms with van der Waals surface area (Å²) in [6.07, 6.45) is -3.69. The third-order valence-electron chi connectivity index (χ3n) is 3.18. The Hall–Kier alpha value is -1.71. The molecule has 3 rings (SSSR count). The molecule has 0 radical (unpaired) electrons. The first-order valence-electron chi connectivity index (χ1n) is 5.34. The molecule has 0 aliphatic carbocycles. The van der Waals surface area contributed by atoms with Gasteiger partial charge >= 0.3 is 6.18 Å². The van der Waals surface area contributed by atoms with Crippen molar-refractivity contribution in [2.75, 3.05) is 0 Å². The number of rotatable bonds is 0. The van der Waals surface area contributed by atoms with Crippen molar-refractivity contribution in [1.29, 1.82) is 0 Å². The Bertz CT molecular complexity index is 593. The zero-order valence-electron chi connectivity index (χ0n) is 9.17. The third-order valence-corrected chi connectivity index (χ3v) is 3.18. The second kappa shape index (κ2) is 3.15. The van der Waals surface area contributed by atoms with Gasteiger partial charge in [0.1, 0.15) is 0 Å². The van der Waals surface area contributed by atoms with Crippen LogP contribution in [0.25, 0.3) is 5.69 Å². The summed E-state index contributed by atoms with van der Waals surface area (Å²) < 4.78 is 39.8. The highest BCUT2D eigenvalue weighted by molar-refractivity contribution is 5.53. The SMILES string of the molecule is Cc1ccc2n1-c1ccc(C(F)(F)F)cc1C2. The molecule has 0 saturated heterocycles. The smallest absolute Gasteiger partial charge is 0.318 e. The van der Waals surface area contributed by atoms with E-state index < -0.39 is 11.7 Å². The van der Waals surface area contributed by atoms with E-state index >= 15 is 0 Å². The number of fused-ring (bicyclic) bond motifs is 3. The van der Waals surface area contributed by atoms with Crippen molar-refractivity contribution in [2.24, 2.45) is 0 Å². The molecular formula is C13H10F3N. The van der Waals surface area contributed by atoms with Crippen molar-refractivity contribution in [3.8, 4) is 5.69 Å². The lowest BCUT2D eigenvalue weighted by Crippen LogP contribution is -2.05. The van der Waals surface area contributed by atoms with Gasteiger partial charge in [-0.05, 0) is 42.8 Å². The molecule has 0 amide bonds. The monoisotopic (exact) mass is 237 g/mol. The highest BCUT2D eigenvalue weighted by Crippen LogP contribution is 2.35. The van der Waals surface area contributed by atoms with Crippen LogP contribution in [0.5, 0.6) is 0 Å². The summed E-state index contributed by atoms with van der Waals surface area (Å²) in [5.41, 5.74) is 3.16. The second-order valence-electron chi connectivity index (χ2n) is 4.32. The molecule has 4 heteroatoms. The molecule has 0 saturated carbocycles. The van der Waals surface area contributed by atoms with Gasteiger partial charge in [-0.15, -0.1) is 0 Å². The van der Waals surface area contributed by atoms with Crippen molar-refractivity contribution >= 4 is 0 Å². The fourth-order valence-electron chi connectivity index (χ4n) is 2.39. The molecule has 0 unspecified atom stereocenters. The van der Waals surface area contributed by atoms with Crippen LogP contribution in [0.2, 0.25) is 0 Å². The Labute approximate surface area is 96.5 Å². The summed E-state index contributed by atoms with van der Waals surface area (Å²) in [5.74, 6) is 0. The number of aromatic nitrogens is 1. The van der Waals surface area contributed by atoms with Crippen molar-refractivity contribution in [3.63, 3.8) is 0 Å². The lowest BCUT2D eigenvalue weighted by Gasteiger charge is -2.10. The van der Waals surface area contributed by atoms with Crippen molar-refractivity contribution in [1.82, 2.24) is 4.57 Å². The van der Waals surface area contributed by atoms with Gasteiger partial charge < -0.3 is 4.57 Å². The molecule has 1 aromatic heterocycles. The predicted molar refractivity (Wildman–Crippen MR) is 58.3 cm³/mol. The average Bonchev–Trinajstić information content (AvgIpc) is 2.76. The topological polar surface area (TPSA) is 4.93 Å². The first kappa shape index (κ1) is 10.4. The zero-order valence-corrected chi connectivity index (χ0v) is 9.17. The predicted octanol–water partition coefficient (Wildman–Crippen LogP) is 3.71. The molecule has 0 bridgehead atoms. The molecule has 1 aliphatic rings. The standard InChI is InChI=1S/C13H10F3N/c1-8-2-4-11-7-9-6-10(13(14,15)16)3-5-12(9)17(8)11/h2-6H,7H2,1H3. The van der Waals surface area contributed by atoms with Crippen LogP contribution in [0, 0.1) is 6.92 Å². The van der Waals surface area contributed by atoms with Crippen molar-refractivity contribution < 1.29 is 13.2 Å². The fourth-order valence-corrected chi connectivity index (χ4v) is 2.39. The van der Waals surface area contributed by atoms with E-state index in [4.69, 9.17) is 0 Å². The maximum Gasteiger partial charge on any atom is 0.416 e. The van der Waals surface area contributed by atoms with E-state index in [2.05, 4.69) is 0 Å². The maximum atomic E-state index is 12.6. The summed E-state index contributed by atoms with van der Waals surface area (Å²) >= 11 is 0. The number of hydrogen-bond donors (Lipinski definition) is 0. The van der Waals surface area contributed by atoms with Crippen molar-refractivity contribution in [2.45, 2.75) is 19.5 Å². The number of halogens is 3. The second-order valence-corrected chi connectivity index (χ2v) is 4.32. The molecule has 2 aromatic rings. The number of aryl methyl sites for hydroxylation is 1. The Morgan fingerprint density at radius 2 is 1.88 bits per heavy atom. The first-order chi connectivity index (χ1) is 7.97. The molecule has 0 N–H and O–H groups in total. The largest absolute Gasteiger partial charge is 0.416 e. The summed E-state index contributed by atoms with van der Waals surface area (Å²) in [4.78, 5) is 0. The highest BCUT2D eigenvalue weighted by atomic mass is 19.4. The van der Waals surface area contributed by atoms with Crippen LogP contribution < -0.4 is 0 Å². The Morgan fingerprint density at radius 1 is 1.12 bits per heavy atom. The van der Waals surface area contributed by atoms with Crippen LogP contribution in [-0.4, -0.2) is 4.57 Å². The summed E-state index contributed by atoms with van der Waals surface area (Å²) in [7, 11) is 0. The van der Waals surface area contributed by atoms with E-state index in [9.17, 15) is 13.2 Å². The Balaban J connectivity index is 2.15. The minimum absolute atomic E-state index is 0.570. The van der Waals surface area contributed by atoms with E-state index in [-0.39, 0.29) is 0 Å². The zero-order chi connectivity index (χ0) is 12.2. The lowest BCUT2D eigenvalue weighted by atomic mass is 10.1. The molecule has 17 heavy (non-hydrogen) atoms. The van der Waals surface area contributed by atoms with Crippen LogP contribution in [0.4, 0.5) is 13.2 Å². The molecule has 1 nitrogen and oxygen atoms in total. The molecule has 88 valence electrons. The number of benzene rings is 1. The van der Waals surface area contributed by atoms with Crippen LogP contribution in [-0.2, 0) is 12.6 Å². The van der Waals surface area contributed by atoms with E-state index in [1.807, 2.05) is 23.6 Å². The Kier molecular flexibility index (Phi) is 1.94. The number of alkyl halides is 3. The normalized spacial score (nSPS) is 13.6. The molecule has 0 fully saturated rings. The van der Waals surface area contributed by atoms with Crippen LogP contribution in [0.15, 0.2) is 30.3 Å². The van der Waals surface area contributed by atoms with E-state index in [0.29, 0.717) is 6.42 Å². The summed E-state index contributed by atoms with van der Waals surface area (Å²) in [5, 5.41) is 0. The summed E-state index contributed by atoms with van der Waals surface area (Å²) in [6, 6.07) is 7.90. The first-order valence-corrected chi connectivity index (χ1v) is 5.34. The molecular weight excluding hydrogens is 227 g/mol. The number of nitrogens with zero attached hydrogens (tertiary/aromatic N) is 1. The van der Waals surface area contributed by atoms with Gasteiger partial charge in [-0.25, -0.2) is 0 Å². The summed E-state index contributed by atoms with van der Waals surface area (Å²) in [6.45, 7) is 1.95. The molecule has 0 spiro atoms. The molecule has 1 aliphatic heterocycles. The molecule has 1 aromatic carbocycles. The van der Waals surface area contributed by atoms with Gasteiger partial charge in [0.25, 0.3) is 0 Å². The van der Waals surface area contributed by atoms with Gasteiger partial charge in [0, 0.05) is 23.5 Å². The van der Waals surface area contributed by atoms with Gasteiger partial charge in [0.2, 0.25) is 0 Å². The minimum atomic E-state index is -4.26. The Morgan fingerprint density at radius 3 is 2.59 bits per heavy atom. The van der Waals surface area contributed by atoms with Crippen LogP contribution >= 0.6 is 0 Å². The quantitative estimate of drug-likeness (QED) is 0.561. The van der Waals surface area contributed by atoms with E-state index in [1.165, 1.54) is 6.07 Å². The average molecular weight is 237 g/mol. The molecule has 0 atom stereocenters. The van der Waals surface area contributed by atoms with Gasteiger partial charge in [0.05, 0.1) is 5.56 Å². The van der Waals surface area contributed by atoms with Crippen molar-refractivity contribution in [3.05, 3.63) is 52.8 Å². The molecule has 2 heterocycles. The minimum Gasteiger partial charge on any atom is -0.318 e. The van der Waals surface area contributed by atoms with Gasteiger partial charge in [-0.1, -0.05) is 0 Å². The third kappa shape index (κ3) is 1.47. The lowest BCUT2D eigenvalue weighted by molar-refractivity contribution is -0.137. The van der Waals surface area contributed by atoms with E-state index in [1.54, 1.807) is 6.07 Å². The van der Waals surface area contributed by atoms with Gasteiger partial charge in [-0.2, -0.15) is 13.2 Å². The highest BCUT2D eigenvalue weighted by Gasteiger charge is 2.32. The van der Waals surface area contributed by atoms with Crippen LogP contribution in [0.1, 0.15) is 22.5 Å². The van der Waals surface area contributed by atoms with Gasteiger partial charge in [-0.3, -0.25) is 0 Å². The maximum absolute atomic E-state index is 12.6. The van der Waals surface area contributed by atoms with E-state index in [0.717, 1.165) is 28.7 Å². The van der Waals surface area contributed by atoms with Gasteiger partial charge in [0.15, 0.2) is 0 Å². The number of hydrogen-bond acceptors (Lipinski definition) is 0.